The molecule has 0 aliphatic carbocycles. The van der Waals surface area contributed by atoms with Gasteiger partial charge in [0.1, 0.15) is 0 Å². The highest BCUT2D eigenvalue weighted by molar-refractivity contribution is 5.97. The van der Waals surface area contributed by atoms with Gasteiger partial charge >= 0.3 is 0 Å². The lowest BCUT2D eigenvalue weighted by Crippen LogP contribution is -2.37. The molecule has 1 aliphatic heterocycles. The number of benzene rings is 1. The second-order valence-corrected chi connectivity index (χ2v) is 5.07. The van der Waals surface area contributed by atoms with E-state index in [1.165, 1.54) is 6.92 Å². The number of aromatic nitrogens is 2. The van der Waals surface area contributed by atoms with Crippen molar-refractivity contribution in [3.8, 4) is 0 Å². The van der Waals surface area contributed by atoms with E-state index in [0.29, 0.717) is 18.7 Å². The molecular weight excluding hydrogens is 256 g/mol. The quantitative estimate of drug-likeness (QED) is 0.853. The number of hydrogen-bond acceptors (Lipinski definition) is 3. The van der Waals surface area contributed by atoms with E-state index < -0.39 is 0 Å². The number of aromatic amines is 1. The minimum Gasteiger partial charge on any atom is -0.352 e. The van der Waals surface area contributed by atoms with Crippen LogP contribution in [-0.2, 0) is 4.79 Å². The Kier molecular flexibility index (Phi) is 3.14. The summed E-state index contributed by atoms with van der Waals surface area (Å²) >= 11 is 0. The van der Waals surface area contributed by atoms with E-state index in [2.05, 4.69) is 15.3 Å². The lowest BCUT2D eigenvalue weighted by atomic mass is 10.2. The molecule has 2 N–H and O–H groups in total. The maximum atomic E-state index is 12.4. The minimum atomic E-state index is -0.0526. The molecule has 1 aliphatic rings. The van der Waals surface area contributed by atoms with E-state index in [1.54, 1.807) is 17.3 Å². The summed E-state index contributed by atoms with van der Waals surface area (Å²) in [6.45, 7) is 2.74. The second-order valence-electron chi connectivity index (χ2n) is 5.07. The van der Waals surface area contributed by atoms with Gasteiger partial charge in [0.05, 0.1) is 17.4 Å². The molecule has 104 valence electrons. The van der Waals surface area contributed by atoms with Gasteiger partial charge in [-0.05, 0) is 24.6 Å². The van der Waals surface area contributed by atoms with E-state index in [-0.39, 0.29) is 17.9 Å². The Morgan fingerprint density at radius 1 is 1.45 bits per heavy atom. The van der Waals surface area contributed by atoms with Crippen LogP contribution in [0.25, 0.3) is 11.0 Å². The van der Waals surface area contributed by atoms with Crippen molar-refractivity contribution in [3.63, 3.8) is 0 Å². The highest BCUT2D eigenvalue weighted by Crippen LogP contribution is 2.17. The fourth-order valence-electron chi connectivity index (χ4n) is 2.60. The molecule has 2 aromatic rings. The summed E-state index contributed by atoms with van der Waals surface area (Å²) in [5.41, 5.74) is 2.35. The Morgan fingerprint density at radius 2 is 2.30 bits per heavy atom. The molecule has 2 heterocycles. The van der Waals surface area contributed by atoms with Crippen LogP contribution in [0.2, 0.25) is 0 Å². The molecule has 3 rings (SSSR count). The van der Waals surface area contributed by atoms with Gasteiger partial charge in [0.25, 0.3) is 5.91 Å². The van der Waals surface area contributed by atoms with Gasteiger partial charge in [0.2, 0.25) is 5.91 Å². The third-order valence-electron chi connectivity index (χ3n) is 3.55. The lowest BCUT2D eigenvalue weighted by Gasteiger charge is -2.16. The van der Waals surface area contributed by atoms with Crippen LogP contribution in [0.15, 0.2) is 24.5 Å². The number of amides is 2. The number of nitrogens with one attached hydrogen (secondary N) is 2. The molecule has 0 saturated carbocycles. The highest BCUT2D eigenvalue weighted by atomic mass is 16.2. The SMILES string of the molecule is CC(=O)NC1CCN(C(=O)c2ccc3nc[nH]c3c2)C1. The van der Waals surface area contributed by atoms with E-state index in [4.69, 9.17) is 0 Å². The second kappa shape index (κ2) is 4.96. The van der Waals surface area contributed by atoms with Gasteiger partial charge in [-0.2, -0.15) is 0 Å². The maximum Gasteiger partial charge on any atom is 0.254 e. The Bertz CT molecular complexity index is 664. The Labute approximate surface area is 116 Å². The Balaban J connectivity index is 1.74. The third kappa shape index (κ3) is 2.36. The summed E-state index contributed by atoms with van der Waals surface area (Å²) in [5.74, 6) is -0.0578. The number of H-pyrrole nitrogens is 1. The van der Waals surface area contributed by atoms with Gasteiger partial charge < -0.3 is 15.2 Å². The van der Waals surface area contributed by atoms with Crippen molar-refractivity contribution in [2.75, 3.05) is 13.1 Å². The first kappa shape index (κ1) is 12.7. The molecule has 2 amide bonds. The van der Waals surface area contributed by atoms with Crippen LogP contribution in [-0.4, -0.2) is 45.8 Å². The molecule has 0 bridgehead atoms. The summed E-state index contributed by atoms with van der Waals surface area (Å²) in [7, 11) is 0. The van der Waals surface area contributed by atoms with Crippen LogP contribution in [0.5, 0.6) is 0 Å². The molecule has 6 heteroatoms. The fraction of sp³-hybridized carbons (Fsp3) is 0.357. The number of imidazole rings is 1. The van der Waals surface area contributed by atoms with E-state index in [9.17, 15) is 9.59 Å². The first-order chi connectivity index (χ1) is 9.63. The summed E-state index contributed by atoms with van der Waals surface area (Å²) in [6, 6.07) is 5.50. The summed E-state index contributed by atoms with van der Waals surface area (Å²) in [4.78, 5) is 32.4. The smallest absolute Gasteiger partial charge is 0.254 e. The molecule has 1 atom stereocenters. The van der Waals surface area contributed by atoms with Crippen molar-refractivity contribution in [1.82, 2.24) is 20.2 Å². The first-order valence-electron chi connectivity index (χ1n) is 6.63. The Hall–Kier alpha value is -2.37. The van der Waals surface area contributed by atoms with Crippen molar-refractivity contribution < 1.29 is 9.59 Å². The molecule has 1 saturated heterocycles. The van der Waals surface area contributed by atoms with Crippen LogP contribution in [0, 0.1) is 0 Å². The van der Waals surface area contributed by atoms with Gasteiger partial charge in [-0.3, -0.25) is 9.59 Å². The molecule has 20 heavy (non-hydrogen) atoms. The zero-order chi connectivity index (χ0) is 14.1. The van der Waals surface area contributed by atoms with Gasteiger partial charge in [-0.15, -0.1) is 0 Å². The predicted octanol–water partition coefficient (Wildman–Crippen LogP) is 0.913. The molecule has 1 fully saturated rings. The maximum absolute atomic E-state index is 12.4. The van der Waals surface area contributed by atoms with E-state index in [0.717, 1.165) is 17.5 Å². The van der Waals surface area contributed by atoms with Crippen LogP contribution in [0.4, 0.5) is 0 Å². The average molecular weight is 272 g/mol. The number of likely N-dealkylation sites (tertiary alicyclic amines) is 1. The fourth-order valence-corrected chi connectivity index (χ4v) is 2.60. The molecule has 1 aromatic heterocycles. The molecule has 1 unspecified atom stereocenters. The molecule has 6 nitrogen and oxygen atoms in total. The summed E-state index contributed by atoms with van der Waals surface area (Å²) in [5, 5.41) is 2.85. The normalized spacial score (nSPS) is 18.4. The van der Waals surface area contributed by atoms with Crippen LogP contribution >= 0.6 is 0 Å². The first-order valence-corrected chi connectivity index (χ1v) is 6.63. The van der Waals surface area contributed by atoms with Crippen LogP contribution in [0.3, 0.4) is 0 Å². The van der Waals surface area contributed by atoms with Gasteiger partial charge in [0, 0.05) is 31.6 Å². The number of carbonyl (C=O) groups excluding carboxylic acids is 2. The third-order valence-corrected chi connectivity index (χ3v) is 3.55. The number of carbonyl (C=O) groups is 2. The van der Waals surface area contributed by atoms with Gasteiger partial charge in [-0.1, -0.05) is 0 Å². The molecular formula is C14H16N4O2. The van der Waals surface area contributed by atoms with E-state index >= 15 is 0 Å². The van der Waals surface area contributed by atoms with Crippen molar-refractivity contribution in [2.45, 2.75) is 19.4 Å². The van der Waals surface area contributed by atoms with Crippen molar-refractivity contribution in [2.24, 2.45) is 0 Å². The standard InChI is InChI=1S/C14H16N4O2/c1-9(19)17-11-4-5-18(7-11)14(20)10-2-3-12-13(6-10)16-8-15-12/h2-3,6,8,11H,4-5,7H2,1H3,(H,15,16)(H,17,19). The zero-order valence-corrected chi connectivity index (χ0v) is 11.2. The largest absolute Gasteiger partial charge is 0.352 e. The monoisotopic (exact) mass is 272 g/mol. The number of hydrogen-bond donors (Lipinski definition) is 2. The van der Waals surface area contributed by atoms with E-state index in [1.807, 2.05) is 12.1 Å². The molecule has 0 radical (unpaired) electrons. The lowest BCUT2D eigenvalue weighted by molar-refractivity contribution is -0.119. The van der Waals surface area contributed by atoms with Gasteiger partial charge in [0.15, 0.2) is 0 Å². The number of fused-ring (bicyclic) bond motifs is 1. The predicted molar refractivity (Wildman–Crippen MR) is 74.2 cm³/mol. The van der Waals surface area contributed by atoms with Crippen molar-refractivity contribution in [1.29, 1.82) is 0 Å². The van der Waals surface area contributed by atoms with Crippen LogP contribution < -0.4 is 5.32 Å². The number of rotatable bonds is 2. The van der Waals surface area contributed by atoms with Crippen molar-refractivity contribution >= 4 is 22.8 Å². The number of nitrogens with zero attached hydrogens (tertiary/aromatic N) is 2. The summed E-state index contributed by atoms with van der Waals surface area (Å²) < 4.78 is 0. The summed E-state index contributed by atoms with van der Waals surface area (Å²) in [6.07, 6.45) is 2.42. The highest BCUT2D eigenvalue weighted by Gasteiger charge is 2.27. The molecule has 1 aromatic carbocycles. The minimum absolute atomic E-state index is 0.00523. The van der Waals surface area contributed by atoms with Crippen LogP contribution in [0.1, 0.15) is 23.7 Å². The topological polar surface area (TPSA) is 78.1 Å². The van der Waals surface area contributed by atoms with Gasteiger partial charge in [-0.25, -0.2) is 4.98 Å². The average Bonchev–Trinajstić information content (AvgIpc) is 3.04. The zero-order valence-electron chi connectivity index (χ0n) is 11.2. The molecule has 0 spiro atoms. The van der Waals surface area contributed by atoms with Crippen molar-refractivity contribution in [3.05, 3.63) is 30.1 Å². The Morgan fingerprint density at radius 3 is 3.10 bits per heavy atom.